The van der Waals surface area contributed by atoms with E-state index in [1.54, 1.807) is 12.3 Å². The third kappa shape index (κ3) is 3.43. The normalized spacial score (nSPS) is 23.2. The number of benzene rings is 1. The van der Waals surface area contributed by atoms with Gasteiger partial charge in [-0.25, -0.2) is 9.97 Å². The number of carbonyl (C=O) groups excluding carboxylic acids is 1. The second kappa shape index (κ2) is 7.75. The van der Waals surface area contributed by atoms with Crippen molar-refractivity contribution in [2.45, 2.75) is 38.6 Å². The topological polar surface area (TPSA) is 90.6 Å². The van der Waals surface area contributed by atoms with Crippen molar-refractivity contribution < 1.29 is 14.3 Å². The molecule has 2 N–H and O–H groups in total. The van der Waals surface area contributed by atoms with Gasteiger partial charge in [0.2, 0.25) is 0 Å². The lowest BCUT2D eigenvalue weighted by molar-refractivity contribution is -0.0316. The number of aromatic nitrogens is 2. The van der Waals surface area contributed by atoms with E-state index in [-0.39, 0.29) is 24.1 Å². The van der Waals surface area contributed by atoms with Crippen LogP contribution in [-0.2, 0) is 16.1 Å². The van der Waals surface area contributed by atoms with Gasteiger partial charge in [-0.3, -0.25) is 4.79 Å². The number of fused-ring (bicyclic) bond motifs is 3. The van der Waals surface area contributed by atoms with Gasteiger partial charge in [0, 0.05) is 22.7 Å². The summed E-state index contributed by atoms with van der Waals surface area (Å²) < 4.78 is 11.5. The highest BCUT2D eigenvalue weighted by Crippen LogP contribution is 2.38. The van der Waals surface area contributed by atoms with Crippen molar-refractivity contribution in [1.29, 1.82) is 0 Å². The molecule has 1 aromatic carbocycles. The van der Waals surface area contributed by atoms with Gasteiger partial charge in [0.05, 0.1) is 43.5 Å². The molecule has 2 aliphatic heterocycles. The lowest BCUT2D eigenvalue weighted by atomic mass is 9.98. The van der Waals surface area contributed by atoms with Crippen molar-refractivity contribution in [2.75, 3.05) is 18.9 Å². The van der Waals surface area contributed by atoms with E-state index in [1.807, 2.05) is 43.0 Å². The SMILES string of the molecule is C[C@H]1OCc2c1c(N)nc1ccc(C(=O)N3[C@@H](C)COC[C@H]3c3ccc(Cl)nc3)cc21. The number of anilines is 1. The van der Waals surface area contributed by atoms with Crippen molar-refractivity contribution in [2.24, 2.45) is 0 Å². The van der Waals surface area contributed by atoms with Crippen LogP contribution in [-0.4, -0.2) is 40.0 Å². The first-order valence-electron chi connectivity index (χ1n) is 10.3. The smallest absolute Gasteiger partial charge is 0.254 e. The van der Waals surface area contributed by atoms with Gasteiger partial charge in [-0.05, 0) is 49.2 Å². The molecule has 2 aliphatic rings. The van der Waals surface area contributed by atoms with Crippen LogP contribution in [0, 0.1) is 0 Å². The molecule has 1 amide bonds. The Hall–Kier alpha value is -2.74. The first kappa shape index (κ1) is 20.2. The highest BCUT2D eigenvalue weighted by atomic mass is 35.5. The van der Waals surface area contributed by atoms with E-state index in [0.29, 0.717) is 36.4 Å². The Balaban J connectivity index is 1.56. The number of halogens is 1. The number of rotatable bonds is 2. The Morgan fingerprint density at radius 1 is 1.23 bits per heavy atom. The molecule has 7 nitrogen and oxygen atoms in total. The number of carbonyl (C=O) groups is 1. The molecule has 0 saturated carbocycles. The Labute approximate surface area is 185 Å². The molecule has 160 valence electrons. The first-order valence-corrected chi connectivity index (χ1v) is 10.7. The van der Waals surface area contributed by atoms with Gasteiger partial charge in [0.15, 0.2) is 0 Å². The van der Waals surface area contributed by atoms with E-state index in [4.69, 9.17) is 26.8 Å². The number of hydrogen-bond acceptors (Lipinski definition) is 6. The number of nitrogens with two attached hydrogens (primary N) is 1. The van der Waals surface area contributed by atoms with Gasteiger partial charge in [-0.1, -0.05) is 17.7 Å². The van der Waals surface area contributed by atoms with Gasteiger partial charge < -0.3 is 20.1 Å². The molecule has 0 unspecified atom stereocenters. The third-order valence-electron chi connectivity index (χ3n) is 6.11. The van der Waals surface area contributed by atoms with E-state index in [2.05, 4.69) is 9.97 Å². The molecular weight excluding hydrogens is 416 g/mol. The van der Waals surface area contributed by atoms with Crippen LogP contribution in [0.15, 0.2) is 36.5 Å². The molecule has 0 radical (unpaired) electrons. The monoisotopic (exact) mass is 438 g/mol. The second-order valence-electron chi connectivity index (χ2n) is 8.10. The zero-order chi connectivity index (χ0) is 21.7. The summed E-state index contributed by atoms with van der Waals surface area (Å²) >= 11 is 5.95. The van der Waals surface area contributed by atoms with Crippen LogP contribution in [0.5, 0.6) is 0 Å². The maximum Gasteiger partial charge on any atom is 0.254 e. The van der Waals surface area contributed by atoms with Crippen molar-refractivity contribution >= 4 is 34.2 Å². The Kier molecular flexibility index (Phi) is 5.04. The van der Waals surface area contributed by atoms with E-state index in [0.717, 1.165) is 27.6 Å². The zero-order valence-electron chi connectivity index (χ0n) is 17.3. The minimum Gasteiger partial charge on any atom is -0.383 e. The average Bonchev–Trinajstić information content (AvgIpc) is 3.16. The number of hydrogen-bond donors (Lipinski definition) is 1. The van der Waals surface area contributed by atoms with Gasteiger partial charge in [0.1, 0.15) is 11.0 Å². The maximum absolute atomic E-state index is 13.7. The maximum atomic E-state index is 13.7. The summed E-state index contributed by atoms with van der Waals surface area (Å²) in [6.45, 7) is 5.31. The van der Waals surface area contributed by atoms with E-state index >= 15 is 0 Å². The van der Waals surface area contributed by atoms with Crippen LogP contribution in [0.1, 0.15) is 53.0 Å². The van der Waals surface area contributed by atoms with Gasteiger partial charge in [-0.15, -0.1) is 0 Å². The minimum atomic E-state index is -0.240. The van der Waals surface area contributed by atoms with Gasteiger partial charge >= 0.3 is 0 Å². The summed E-state index contributed by atoms with van der Waals surface area (Å²) in [4.78, 5) is 24.3. The van der Waals surface area contributed by atoms with Crippen LogP contribution < -0.4 is 5.73 Å². The predicted molar refractivity (Wildman–Crippen MR) is 118 cm³/mol. The zero-order valence-corrected chi connectivity index (χ0v) is 18.1. The summed E-state index contributed by atoms with van der Waals surface area (Å²) in [5, 5.41) is 1.32. The number of pyridine rings is 2. The first-order chi connectivity index (χ1) is 14.9. The minimum absolute atomic E-state index is 0.0600. The summed E-state index contributed by atoms with van der Waals surface area (Å²) in [7, 11) is 0. The molecule has 0 bridgehead atoms. The number of morpholine rings is 1. The van der Waals surface area contributed by atoms with Crippen LogP contribution in [0.4, 0.5) is 5.82 Å². The number of amides is 1. The molecule has 4 heterocycles. The average molecular weight is 439 g/mol. The van der Waals surface area contributed by atoms with Crippen LogP contribution in [0.3, 0.4) is 0 Å². The fourth-order valence-electron chi connectivity index (χ4n) is 4.55. The highest BCUT2D eigenvalue weighted by Gasteiger charge is 2.35. The van der Waals surface area contributed by atoms with Crippen molar-refractivity contribution in [3.05, 3.63) is 63.9 Å². The van der Waals surface area contributed by atoms with Crippen molar-refractivity contribution in [1.82, 2.24) is 14.9 Å². The van der Waals surface area contributed by atoms with Crippen LogP contribution in [0.2, 0.25) is 5.15 Å². The van der Waals surface area contributed by atoms with Gasteiger partial charge in [-0.2, -0.15) is 0 Å². The van der Waals surface area contributed by atoms with Gasteiger partial charge in [0.25, 0.3) is 5.91 Å². The lowest BCUT2D eigenvalue weighted by Crippen LogP contribution is -2.49. The Morgan fingerprint density at radius 3 is 2.84 bits per heavy atom. The molecule has 31 heavy (non-hydrogen) atoms. The van der Waals surface area contributed by atoms with Crippen LogP contribution >= 0.6 is 11.6 Å². The number of nitrogens with zero attached hydrogens (tertiary/aromatic N) is 3. The number of nitrogen functional groups attached to an aromatic ring is 1. The van der Waals surface area contributed by atoms with Crippen molar-refractivity contribution in [3.63, 3.8) is 0 Å². The quantitative estimate of drug-likeness (QED) is 0.607. The highest BCUT2D eigenvalue weighted by molar-refractivity contribution is 6.29. The molecule has 1 fully saturated rings. The molecule has 5 rings (SSSR count). The largest absolute Gasteiger partial charge is 0.383 e. The summed E-state index contributed by atoms with van der Waals surface area (Å²) in [6, 6.07) is 8.86. The molecule has 8 heteroatoms. The molecule has 3 aromatic rings. The summed E-state index contributed by atoms with van der Waals surface area (Å²) in [5.41, 5.74) is 10.3. The van der Waals surface area contributed by atoms with E-state index in [1.165, 1.54) is 0 Å². The van der Waals surface area contributed by atoms with Crippen LogP contribution in [0.25, 0.3) is 10.9 Å². The predicted octanol–water partition coefficient (Wildman–Crippen LogP) is 4.06. The second-order valence-corrected chi connectivity index (χ2v) is 8.49. The molecule has 1 saturated heterocycles. The lowest BCUT2D eigenvalue weighted by Gasteiger charge is -2.40. The molecule has 3 atom stereocenters. The number of ether oxygens (including phenoxy) is 2. The molecule has 0 spiro atoms. The van der Waals surface area contributed by atoms with E-state index in [9.17, 15) is 4.79 Å². The molecule has 0 aliphatic carbocycles. The Morgan fingerprint density at radius 2 is 2.06 bits per heavy atom. The third-order valence-corrected chi connectivity index (χ3v) is 6.33. The fraction of sp³-hybridized carbons (Fsp3) is 0.348. The fourth-order valence-corrected chi connectivity index (χ4v) is 4.66. The molecular formula is C23H23ClN4O3. The molecule has 2 aromatic heterocycles. The van der Waals surface area contributed by atoms with Crippen molar-refractivity contribution in [3.8, 4) is 0 Å². The standard InChI is InChI=1S/C23H23ClN4O3/c1-12-9-30-11-19(15-4-6-20(24)26-8-15)28(12)23(29)14-3-5-18-16(7-14)17-10-31-13(2)21(17)22(25)27-18/h3-8,12-13,19H,9-11H2,1-2H3,(H2,25,27)/t12-,13+,19-/m0/s1. The summed E-state index contributed by atoms with van der Waals surface area (Å²) in [6.07, 6.45) is 1.60. The Bertz CT molecular complexity index is 1170. The van der Waals surface area contributed by atoms with E-state index < -0.39 is 0 Å². The summed E-state index contributed by atoms with van der Waals surface area (Å²) in [5.74, 6) is 0.430.